The fourth-order valence-corrected chi connectivity index (χ4v) is 4.55. The predicted molar refractivity (Wildman–Crippen MR) is 143 cm³/mol. The summed E-state index contributed by atoms with van der Waals surface area (Å²) in [6.45, 7) is 0. The molecular formula is C27H19ClN4O6. The molecule has 0 aliphatic carbocycles. The summed E-state index contributed by atoms with van der Waals surface area (Å²) in [6, 6.07) is 19.3. The molecule has 11 heteroatoms. The lowest BCUT2D eigenvalue weighted by molar-refractivity contribution is -0.384. The Balaban J connectivity index is 1.64. The number of hydrogen-bond acceptors (Lipinski definition) is 6. The largest absolute Gasteiger partial charge is 0.417 e. The quantitative estimate of drug-likeness (QED) is 0.199. The summed E-state index contributed by atoms with van der Waals surface area (Å²) in [4.78, 5) is 54.9. The molecule has 0 aliphatic heterocycles. The van der Waals surface area contributed by atoms with Crippen LogP contribution in [-0.4, -0.2) is 20.8 Å². The van der Waals surface area contributed by atoms with Gasteiger partial charge in [-0.3, -0.25) is 24.7 Å². The number of pyridine rings is 1. The summed E-state index contributed by atoms with van der Waals surface area (Å²) >= 11 is 6.17. The number of nitrogens with zero attached hydrogens (tertiary/aromatic N) is 1. The van der Waals surface area contributed by atoms with Gasteiger partial charge in [-0.1, -0.05) is 41.9 Å². The number of amides is 1. The van der Waals surface area contributed by atoms with E-state index in [1.54, 1.807) is 12.1 Å². The number of nitrogens with one attached hydrogen (secondary N) is 3. The molecule has 2 heterocycles. The number of fused-ring (bicyclic) bond motifs is 1. The number of aromatic amines is 2. The van der Waals surface area contributed by atoms with Gasteiger partial charge in [0.15, 0.2) is 5.58 Å². The molecule has 2 aromatic heterocycles. The van der Waals surface area contributed by atoms with E-state index < -0.39 is 28.1 Å². The second kappa shape index (κ2) is 10.2. The van der Waals surface area contributed by atoms with E-state index in [0.29, 0.717) is 11.2 Å². The normalized spacial score (nSPS) is 11.8. The Morgan fingerprint density at radius 2 is 1.82 bits per heavy atom. The highest BCUT2D eigenvalue weighted by Crippen LogP contribution is 2.37. The molecule has 5 aromatic rings. The molecule has 10 nitrogen and oxygen atoms in total. The van der Waals surface area contributed by atoms with E-state index in [9.17, 15) is 24.5 Å². The Kier molecular flexibility index (Phi) is 6.63. The van der Waals surface area contributed by atoms with Crippen molar-refractivity contribution in [2.45, 2.75) is 12.3 Å². The molecule has 0 aliphatic rings. The highest BCUT2D eigenvalue weighted by Gasteiger charge is 2.30. The van der Waals surface area contributed by atoms with Crippen molar-refractivity contribution in [2.24, 2.45) is 0 Å². The van der Waals surface area contributed by atoms with Crippen molar-refractivity contribution in [3.05, 3.63) is 126 Å². The lowest BCUT2D eigenvalue weighted by Gasteiger charge is -2.20. The number of nitro groups is 1. The van der Waals surface area contributed by atoms with Crippen LogP contribution in [0.25, 0.3) is 22.2 Å². The average molecular weight is 531 g/mol. The molecule has 0 radical (unpaired) electrons. The first kappa shape index (κ1) is 24.7. The van der Waals surface area contributed by atoms with Crippen LogP contribution >= 0.6 is 11.6 Å². The third-order valence-corrected chi connectivity index (χ3v) is 6.32. The number of carbonyl (C=O) groups excluding carboxylic acids is 1. The summed E-state index contributed by atoms with van der Waals surface area (Å²) in [6.07, 6.45) is 1.49. The van der Waals surface area contributed by atoms with Gasteiger partial charge in [0.2, 0.25) is 5.91 Å². The minimum Gasteiger partial charge on any atom is -0.408 e. The molecule has 0 bridgehead atoms. The SMILES string of the molecule is O=C(Nc1ccc2[nH]c(=O)oc2c1)C(Cc1ccccc1)c1c(-c2cc(Cl)ccc2[N+](=O)[O-])cc[nH]c1=O. The number of anilines is 1. The fraction of sp³-hybridized carbons (Fsp3) is 0.0741. The molecule has 0 spiro atoms. The van der Waals surface area contributed by atoms with Crippen LogP contribution in [0.1, 0.15) is 17.0 Å². The number of carbonyl (C=O) groups is 1. The van der Waals surface area contributed by atoms with Crippen molar-refractivity contribution >= 4 is 40.0 Å². The summed E-state index contributed by atoms with van der Waals surface area (Å²) in [7, 11) is 0. The minimum absolute atomic E-state index is 0.0495. The van der Waals surface area contributed by atoms with E-state index in [0.717, 1.165) is 5.56 Å². The Labute approximate surface area is 219 Å². The van der Waals surface area contributed by atoms with Crippen LogP contribution in [0.15, 0.2) is 93.0 Å². The second-order valence-corrected chi connectivity index (χ2v) is 8.95. The van der Waals surface area contributed by atoms with Crippen molar-refractivity contribution in [3.8, 4) is 11.1 Å². The van der Waals surface area contributed by atoms with E-state index in [2.05, 4.69) is 15.3 Å². The number of rotatable bonds is 7. The third-order valence-electron chi connectivity index (χ3n) is 6.08. The Morgan fingerprint density at radius 3 is 2.58 bits per heavy atom. The third kappa shape index (κ3) is 4.97. The van der Waals surface area contributed by atoms with E-state index in [1.165, 1.54) is 36.5 Å². The Bertz CT molecular complexity index is 1790. The molecule has 3 N–H and O–H groups in total. The maximum absolute atomic E-state index is 13.8. The molecule has 0 saturated carbocycles. The molecule has 0 saturated heterocycles. The first-order chi connectivity index (χ1) is 18.3. The van der Waals surface area contributed by atoms with Crippen molar-refractivity contribution < 1.29 is 14.1 Å². The van der Waals surface area contributed by atoms with Gasteiger partial charge in [-0.15, -0.1) is 0 Å². The maximum Gasteiger partial charge on any atom is 0.417 e. The number of halogens is 1. The van der Waals surface area contributed by atoms with Gasteiger partial charge in [0, 0.05) is 34.6 Å². The topological polar surface area (TPSA) is 151 Å². The summed E-state index contributed by atoms with van der Waals surface area (Å²) in [5, 5.41) is 14.8. The van der Waals surface area contributed by atoms with Crippen LogP contribution in [0.4, 0.5) is 11.4 Å². The molecule has 1 amide bonds. The molecular weight excluding hydrogens is 512 g/mol. The second-order valence-electron chi connectivity index (χ2n) is 8.51. The van der Waals surface area contributed by atoms with E-state index in [4.69, 9.17) is 16.0 Å². The Hall–Kier alpha value is -4.96. The number of H-pyrrole nitrogens is 2. The standard InChI is InChI=1S/C27H19ClN4O6/c28-16-6-9-22(32(36)37)19(13-16)18-10-11-29-26(34)24(18)20(12-15-4-2-1-3-5-15)25(33)30-17-7-8-21-23(14-17)38-27(35)31-21/h1-11,13-14,20H,12H2,(H,29,34)(H,30,33)(H,31,35). The van der Waals surface area contributed by atoms with Crippen LogP contribution in [0, 0.1) is 10.1 Å². The van der Waals surface area contributed by atoms with E-state index in [-0.39, 0.29) is 39.4 Å². The lowest BCUT2D eigenvalue weighted by atomic mass is 9.86. The fourth-order valence-electron chi connectivity index (χ4n) is 4.38. The summed E-state index contributed by atoms with van der Waals surface area (Å²) in [5.41, 5.74) is 1.38. The van der Waals surface area contributed by atoms with Gasteiger partial charge >= 0.3 is 5.76 Å². The smallest absolute Gasteiger partial charge is 0.408 e. The van der Waals surface area contributed by atoms with Crippen LogP contribution in [-0.2, 0) is 11.2 Å². The highest BCUT2D eigenvalue weighted by atomic mass is 35.5. The van der Waals surface area contributed by atoms with Crippen LogP contribution < -0.4 is 16.6 Å². The van der Waals surface area contributed by atoms with Gasteiger partial charge in [-0.25, -0.2) is 4.79 Å². The number of benzene rings is 3. The van der Waals surface area contributed by atoms with Crippen LogP contribution in [0.3, 0.4) is 0 Å². The predicted octanol–water partition coefficient (Wildman–Crippen LogP) is 5.00. The molecule has 1 atom stereocenters. The molecule has 1 unspecified atom stereocenters. The van der Waals surface area contributed by atoms with Gasteiger partial charge in [-0.05, 0) is 47.9 Å². The Morgan fingerprint density at radius 1 is 1.03 bits per heavy atom. The lowest BCUT2D eigenvalue weighted by Crippen LogP contribution is -2.29. The minimum atomic E-state index is -1.05. The molecule has 0 fully saturated rings. The number of aromatic nitrogens is 2. The summed E-state index contributed by atoms with van der Waals surface area (Å²) < 4.78 is 5.08. The van der Waals surface area contributed by atoms with Gasteiger partial charge in [0.25, 0.3) is 11.2 Å². The first-order valence-corrected chi connectivity index (χ1v) is 11.8. The van der Waals surface area contributed by atoms with E-state index >= 15 is 0 Å². The first-order valence-electron chi connectivity index (χ1n) is 11.4. The molecule has 3 aromatic carbocycles. The zero-order valence-corrected chi connectivity index (χ0v) is 20.3. The highest BCUT2D eigenvalue weighted by molar-refractivity contribution is 6.31. The summed E-state index contributed by atoms with van der Waals surface area (Å²) in [5.74, 6) is -2.22. The number of nitro benzene ring substituents is 1. The van der Waals surface area contributed by atoms with Crippen LogP contribution in [0.5, 0.6) is 0 Å². The molecule has 5 rings (SSSR count). The number of hydrogen-bond donors (Lipinski definition) is 3. The van der Waals surface area contributed by atoms with E-state index in [1.807, 2.05) is 30.3 Å². The van der Waals surface area contributed by atoms with Crippen molar-refractivity contribution in [1.29, 1.82) is 0 Å². The van der Waals surface area contributed by atoms with Crippen molar-refractivity contribution in [3.63, 3.8) is 0 Å². The van der Waals surface area contributed by atoms with Gasteiger partial charge in [0.05, 0.1) is 21.9 Å². The molecule has 38 heavy (non-hydrogen) atoms. The average Bonchev–Trinajstić information content (AvgIpc) is 3.27. The van der Waals surface area contributed by atoms with Crippen molar-refractivity contribution in [1.82, 2.24) is 9.97 Å². The monoisotopic (exact) mass is 530 g/mol. The molecule has 190 valence electrons. The van der Waals surface area contributed by atoms with Gasteiger partial charge < -0.3 is 14.7 Å². The van der Waals surface area contributed by atoms with Crippen molar-refractivity contribution in [2.75, 3.05) is 5.32 Å². The van der Waals surface area contributed by atoms with Crippen LogP contribution in [0.2, 0.25) is 5.02 Å². The van der Waals surface area contributed by atoms with Gasteiger partial charge in [0.1, 0.15) is 0 Å². The number of oxazole rings is 1. The zero-order valence-electron chi connectivity index (χ0n) is 19.6. The zero-order chi connectivity index (χ0) is 26.8. The maximum atomic E-state index is 13.8. The van der Waals surface area contributed by atoms with Gasteiger partial charge in [-0.2, -0.15) is 0 Å².